The number of carbonyl (C=O) groups is 1. The van der Waals surface area contributed by atoms with Crippen molar-refractivity contribution in [2.75, 3.05) is 20.8 Å². The lowest BCUT2D eigenvalue weighted by atomic mass is 9.69. The Morgan fingerprint density at radius 2 is 2.05 bits per heavy atom. The number of aliphatic hydroxyl groups is 2. The van der Waals surface area contributed by atoms with E-state index in [2.05, 4.69) is 0 Å². The summed E-state index contributed by atoms with van der Waals surface area (Å²) in [6.45, 7) is 1.66. The fraction of sp³-hybridized carbons (Fsp3) is 0.562. The Balaban J connectivity index is 2.12. The monoisotopic (exact) mass is 308 g/mol. The lowest BCUT2D eigenvalue weighted by Gasteiger charge is -2.44. The van der Waals surface area contributed by atoms with E-state index in [-0.39, 0.29) is 24.7 Å². The van der Waals surface area contributed by atoms with Crippen LogP contribution in [0.2, 0.25) is 0 Å². The van der Waals surface area contributed by atoms with E-state index in [0.29, 0.717) is 22.6 Å². The molecule has 0 saturated carbocycles. The molecule has 0 unspecified atom stereocenters. The molecule has 120 valence electrons. The third-order valence-corrected chi connectivity index (χ3v) is 4.58. The molecule has 1 saturated heterocycles. The summed E-state index contributed by atoms with van der Waals surface area (Å²) in [5.74, 6) is -1.42. The molecule has 6 heteroatoms. The van der Waals surface area contributed by atoms with Crippen molar-refractivity contribution in [3.05, 3.63) is 23.3 Å². The first kappa shape index (κ1) is 15.3. The first-order valence-corrected chi connectivity index (χ1v) is 7.22. The van der Waals surface area contributed by atoms with E-state index in [1.165, 1.54) is 21.1 Å². The quantitative estimate of drug-likeness (QED) is 0.856. The van der Waals surface area contributed by atoms with E-state index in [9.17, 15) is 15.0 Å². The largest absolute Gasteiger partial charge is 0.497 e. The van der Waals surface area contributed by atoms with E-state index in [0.717, 1.165) is 0 Å². The molecule has 6 nitrogen and oxygen atoms in total. The van der Waals surface area contributed by atoms with Gasteiger partial charge in [-0.25, -0.2) is 0 Å². The zero-order valence-electron chi connectivity index (χ0n) is 12.8. The van der Waals surface area contributed by atoms with Gasteiger partial charge < -0.3 is 24.4 Å². The van der Waals surface area contributed by atoms with Crippen LogP contribution in [0.3, 0.4) is 0 Å². The number of hydrogen-bond donors (Lipinski definition) is 2. The molecule has 1 aromatic carbocycles. The van der Waals surface area contributed by atoms with E-state index in [1.807, 2.05) is 0 Å². The van der Waals surface area contributed by atoms with Crippen LogP contribution in [0.25, 0.3) is 0 Å². The van der Waals surface area contributed by atoms with Gasteiger partial charge in [-0.05, 0) is 13.0 Å². The minimum absolute atomic E-state index is 0.119. The zero-order valence-corrected chi connectivity index (χ0v) is 12.8. The van der Waals surface area contributed by atoms with Gasteiger partial charge in [-0.15, -0.1) is 0 Å². The highest BCUT2D eigenvalue weighted by molar-refractivity contribution is 6.02. The Hall–Kier alpha value is -1.63. The van der Waals surface area contributed by atoms with Gasteiger partial charge in [-0.1, -0.05) is 0 Å². The highest BCUT2D eigenvalue weighted by Crippen LogP contribution is 2.48. The standard InChI is InChI=1S/C16H20O6/c1-16(19)6-10-11(7-22-16)15(18)13-9(14(10)17)4-8(20-2)5-12(13)21-3/h4-5,10-11,15,18-19H,6-7H2,1-3H3/t10-,11-,15+,16-/m0/s1. The number of fused-ring (bicyclic) bond motifs is 2. The molecule has 0 radical (unpaired) electrons. The van der Waals surface area contributed by atoms with Gasteiger partial charge in [-0.2, -0.15) is 0 Å². The van der Waals surface area contributed by atoms with Crippen LogP contribution < -0.4 is 9.47 Å². The van der Waals surface area contributed by atoms with E-state index >= 15 is 0 Å². The smallest absolute Gasteiger partial charge is 0.167 e. The van der Waals surface area contributed by atoms with Crippen molar-refractivity contribution >= 4 is 5.78 Å². The molecule has 4 atom stereocenters. The second-order valence-electron chi connectivity index (χ2n) is 6.06. The predicted molar refractivity (Wildman–Crippen MR) is 77.0 cm³/mol. The van der Waals surface area contributed by atoms with E-state index in [4.69, 9.17) is 14.2 Å². The number of ether oxygens (including phenoxy) is 3. The number of methoxy groups -OCH3 is 2. The van der Waals surface area contributed by atoms with Crippen LogP contribution in [0.15, 0.2) is 12.1 Å². The van der Waals surface area contributed by atoms with Gasteiger partial charge in [0, 0.05) is 35.4 Å². The number of benzene rings is 1. The molecule has 0 bridgehead atoms. The lowest BCUT2D eigenvalue weighted by molar-refractivity contribution is -0.242. The van der Waals surface area contributed by atoms with Crippen LogP contribution in [0.4, 0.5) is 0 Å². The average Bonchev–Trinajstić information content (AvgIpc) is 2.50. The Labute approximate surface area is 128 Å². The summed E-state index contributed by atoms with van der Waals surface area (Å²) in [5.41, 5.74) is 0.863. The molecule has 0 spiro atoms. The van der Waals surface area contributed by atoms with Gasteiger partial charge in [-0.3, -0.25) is 4.79 Å². The van der Waals surface area contributed by atoms with E-state index < -0.39 is 17.8 Å². The van der Waals surface area contributed by atoms with Crippen molar-refractivity contribution in [1.29, 1.82) is 0 Å². The highest BCUT2D eigenvalue weighted by atomic mass is 16.6. The van der Waals surface area contributed by atoms with Crippen LogP contribution in [0.1, 0.15) is 35.4 Å². The Kier molecular flexibility index (Phi) is 3.63. The van der Waals surface area contributed by atoms with Gasteiger partial charge >= 0.3 is 0 Å². The molecule has 1 aliphatic carbocycles. The zero-order chi connectivity index (χ0) is 16.1. The molecule has 2 aliphatic rings. The van der Waals surface area contributed by atoms with Crippen molar-refractivity contribution in [2.24, 2.45) is 11.8 Å². The summed E-state index contributed by atoms with van der Waals surface area (Å²) < 4.78 is 15.9. The summed E-state index contributed by atoms with van der Waals surface area (Å²) in [6.07, 6.45) is -0.721. The SMILES string of the molecule is COc1cc(OC)c2c(c1)C(=O)[C@H]1C[C@@](C)(O)OC[C@@H]1[C@H]2O. The van der Waals surface area contributed by atoms with Crippen LogP contribution in [-0.4, -0.2) is 42.6 Å². The minimum Gasteiger partial charge on any atom is -0.497 e. The van der Waals surface area contributed by atoms with Crippen LogP contribution in [0.5, 0.6) is 11.5 Å². The Bertz CT molecular complexity index is 609. The van der Waals surface area contributed by atoms with Crippen molar-refractivity contribution in [3.63, 3.8) is 0 Å². The number of aliphatic hydroxyl groups excluding tert-OH is 1. The molecular formula is C16H20O6. The van der Waals surface area contributed by atoms with Crippen LogP contribution in [0, 0.1) is 11.8 Å². The fourth-order valence-electron chi connectivity index (χ4n) is 3.42. The summed E-state index contributed by atoms with van der Waals surface area (Å²) >= 11 is 0. The second-order valence-corrected chi connectivity index (χ2v) is 6.06. The number of hydrogen-bond acceptors (Lipinski definition) is 6. The lowest BCUT2D eigenvalue weighted by Crippen LogP contribution is -2.49. The molecule has 22 heavy (non-hydrogen) atoms. The summed E-state index contributed by atoms with van der Waals surface area (Å²) in [5, 5.41) is 20.7. The third-order valence-electron chi connectivity index (χ3n) is 4.58. The van der Waals surface area contributed by atoms with E-state index in [1.54, 1.807) is 12.1 Å². The van der Waals surface area contributed by atoms with Crippen molar-refractivity contribution < 1.29 is 29.2 Å². The fourth-order valence-corrected chi connectivity index (χ4v) is 3.42. The summed E-state index contributed by atoms with van der Waals surface area (Å²) in [7, 11) is 2.99. The Morgan fingerprint density at radius 1 is 1.32 bits per heavy atom. The molecule has 1 aromatic rings. The summed E-state index contributed by atoms with van der Waals surface area (Å²) in [6, 6.07) is 3.26. The number of rotatable bonds is 2. The second kappa shape index (κ2) is 5.22. The van der Waals surface area contributed by atoms with Gasteiger partial charge in [0.25, 0.3) is 0 Å². The van der Waals surface area contributed by atoms with Crippen molar-refractivity contribution in [1.82, 2.24) is 0 Å². The molecule has 1 fully saturated rings. The highest BCUT2D eigenvalue weighted by Gasteiger charge is 2.49. The Morgan fingerprint density at radius 3 is 2.68 bits per heavy atom. The first-order valence-electron chi connectivity index (χ1n) is 7.22. The van der Waals surface area contributed by atoms with Crippen molar-refractivity contribution in [2.45, 2.75) is 25.2 Å². The maximum atomic E-state index is 12.8. The summed E-state index contributed by atoms with van der Waals surface area (Å²) in [4.78, 5) is 12.8. The third kappa shape index (κ3) is 2.27. The molecular weight excluding hydrogens is 288 g/mol. The normalized spacial score (nSPS) is 33.9. The average molecular weight is 308 g/mol. The van der Waals surface area contributed by atoms with Gasteiger partial charge in [0.15, 0.2) is 11.6 Å². The number of Topliss-reactive ketones (excluding diaryl/α,β-unsaturated/α-hetero) is 1. The maximum absolute atomic E-state index is 12.8. The number of carbonyl (C=O) groups excluding carboxylic acids is 1. The maximum Gasteiger partial charge on any atom is 0.167 e. The molecule has 0 amide bonds. The molecule has 1 heterocycles. The molecule has 0 aromatic heterocycles. The number of ketones is 1. The van der Waals surface area contributed by atoms with Gasteiger partial charge in [0.2, 0.25) is 0 Å². The molecule has 3 rings (SSSR count). The van der Waals surface area contributed by atoms with Gasteiger partial charge in [0.1, 0.15) is 11.5 Å². The van der Waals surface area contributed by atoms with Crippen LogP contribution in [-0.2, 0) is 4.74 Å². The minimum atomic E-state index is -1.35. The van der Waals surface area contributed by atoms with Crippen LogP contribution >= 0.6 is 0 Å². The molecule has 2 N–H and O–H groups in total. The van der Waals surface area contributed by atoms with Crippen molar-refractivity contribution in [3.8, 4) is 11.5 Å². The topological polar surface area (TPSA) is 85.2 Å². The molecule has 1 aliphatic heterocycles. The predicted octanol–water partition coefficient (Wildman–Crippen LogP) is 1.29. The first-order chi connectivity index (χ1) is 10.4. The van der Waals surface area contributed by atoms with Gasteiger partial charge in [0.05, 0.1) is 26.9 Å².